The van der Waals surface area contributed by atoms with Crippen LogP contribution >= 0.6 is 11.3 Å². The van der Waals surface area contributed by atoms with Crippen molar-refractivity contribution in [3.63, 3.8) is 0 Å². The number of hydrogen-bond acceptors (Lipinski definition) is 6. The van der Waals surface area contributed by atoms with Crippen molar-refractivity contribution in [1.82, 2.24) is 8.87 Å². The number of halogens is 1. The van der Waals surface area contributed by atoms with E-state index in [2.05, 4.69) is 4.99 Å². The van der Waals surface area contributed by atoms with E-state index in [4.69, 9.17) is 10.5 Å². The van der Waals surface area contributed by atoms with Crippen LogP contribution < -0.4 is 4.80 Å². The Balaban J connectivity index is 1.90. The Morgan fingerprint density at radius 2 is 1.75 bits per heavy atom. The molecule has 1 amide bonds. The van der Waals surface area contributed by atoms with Gasteiger partial charge in [0.05, 0.1) is 27.3 Å². The van der Waals surface area contributed by atoms with Crippen LogP contribution in [0.3, 0.4) is 0 Å². The van der Waals surface area contributed by atoms with Gasteiger partial charge in [-0.3, -0.25) is 4.79 Å². The van der Waals surface area contributed by atoms with Gasteiger partial charge in [0.1, 0.15) is 5.82 Å². The average molecular weight is 472 g/mol. The number of thiazole rings is 1. The minimum absolute atomic E-state index is 0.00706. The van der Waals surface area contributed by atoms with Crippen molar-refractivity contribution in [2.45, 2.75) is 17.7 Å². The molecule has 0 unspecified atom stereocenters. The number of fused-ring (bicyclic) bond motifs is 1. The van der Waals surface area contributed by atoms with Crippen molar-refractivity contribution in [1.29, 1.82) is 10.5 Å². The summed E-state index contributed by atoms with van der Waals surface area (Å²) in [7, 11) is -2.32. The third kappa shape index (κ3) is 4.75. The molecule has 1 heterocycles. The zero-order valence-corrected chi connectivity index (χ0v) is 18.7. The molecule has 164 valence electrons. The lowest BCUT2D eigenvalue weighted by Gasteiger charge is -2.20. The van der Waals surface area contributed by atoms with Crippen molar-refractivity contribution in [2.24, 2.45) is 12.0 Å². The summed E-state index contributed by atoms with van der Waals surface area (Å²) in [5, 5.41) is 17.5. The Kier molecular flexibility index (Phi) is 7.15. The number of carbonyl (C=O) groups excluding carboxylic acids is 1. The summed E-state index contributed by atoms with van der Waals surface area (Å²) in [6.45, 7) is -0.0644. The second-order valence-electron chi connectivity index (χ2n) is 6.69. The summed E-state index contributed by atoms with van der Waals surface area (Å²) in [4.78, 5) is 16.9. The van der Waals surface area contributed by atoms with Gasteiger partial charge in [-0.1, -0.05) is 17.4 Å². The molecule has 0 radical (unpaired) electrons. The summed E-state index contributed by atoms with van der Waals surface area (Å²) in [6.07, 6.45) is -0.0141. The first-order valence-electron chi connectivity index (χ1n) is 9.47. The highest BCUT2D eigenvalue weighted by Gasteiger charge is 2.24. The number of nitrogens with zero attached hydrogens (tertiary/aromatic N) is 5. The Labute approximate surface area is 188 Å². The fraction of sp³-hybridized carbons (Fsp3) is 0.238. The van der Waals surface area contributed by atoms with Crippen molar-refractivity contribution in [2.75, 3.05) is 13.1 Å². The first-order valence-corrected chi connectivity index (χ1v) is 11.7. The second-order valence-corrected chi connectivity index (χ2v) is 9.64. The van der Waals surface area contributed by atoms with Gasteiger partial charge in [0.25, 0.3) is 5.91 Å². The molecule has 32 heavy (non-hydrogen) atoms. The molecule has 0 saturated carbocycles. The average Bonchev–Trinajstić information content (AvgIpc) is 3.10. The highest BCUT2D eigenvalue weighted by Crippen LogP contribution is 2.20. The van der Waals surface area contributed by atoms with Crippen LogP contribution in [0.5, 0.6) is 0 Å². The highest BCUT2D eigenvalue weighted by molar-refractivity contribution is 7.89. The molecule has 0 bridgehead atoms. The number of hydrogen-bond donors (Lipinski definition) is 0. The van der Waals surface area contributed by atoms with E-state index in [9.17, 15) is 17.6 Å². The van der Waals surface area contributed by atoms with Crippen LogP contribution in [0.15, 0.2) is 52.4 Å². The molecule has 11 heteroatoms. The standard InChI is InChI=1S/C21H18FN5O3S2/c1-26-19-17(22)5-2-6-18(19)31-21(26)25-20(28)15-7-9-16(10-8-15)32(29,30)27(13-3-11-23)14-4-12-24/h2,5-10H,3-4,13-14H2,1H3. The molecule has 0 atom stereocenters. The van der Waals surface area contributed by atoms with E-state index in [0.29, 0.717) is 15.0 Å². The van der Waals surface area contributed by atoms with Gasteiger partial charge < -0.3 is 4.57 Å². The third-order valence-corrected chi connectivity index (χ3v) is 7.67. The van der Waals surface area contributed by atoms with E-state index in [1.807, 2.05) is 12.1 Å². The van der Waals surface area contributed by atoms with Crippen LogP contribution in [-0.2, 0) is 17.1 Å². The van der Waals surface area contributed by atoms with Crippen LogP contribution in [0.1, 0.15) is 23.2 Å². The largest absolute Gasteiger partial charge is 0.317 e. The van der Waals surface area contributed by atoms with E-state index in [1.54, 1.807) is 19.2 Å². The van der Waals surface area contributed by atoms with Crippen molar-refractivity contribution in [3.05, 3.63) is 58.6 Å². The van der Waals surface area contributed by atoms with Gasteiger partial charge in [0, 0.05) is 38.5 Å². The van der Waals surface area contributed by atoms with Gasteiger partial charge in [0.15, 0.2) is 4.80 Å². The maximum atomic E-state index is 14.1. The second kappa shape index (κ2) is 9.83. The molecule has 8 nitrogen and oxygen atoms in total. The quantitative estimate of drug-likeness (QED) is 0.525. The topological polar surface area (TPSA) is 119 Å². The molecule has 2 aromatic carbocycles. The van der Waals surface area contributed by atoms with Gasteiger partial charge >= 0.3 is 0 Å². The first-order chi connectivity index (χ1) is 15.3. The van der Waals surface area contributed by atoms with E-state index in [0.717, 1.165) is 4.31 Å². The summed E-state index contributed by atoms with van der Waals surface area (Å²) in [6, 6.07) is 13.7. The fourth-order valence-electron chi connectivity index (χ4n) is 3.04. The Bertz CT molecular complexity index is 1390. The molecule has 0 aliphatic heterocycles. The number of aromatic nitrogens is 1. The normalized spacial score (nSPS) is 12.1. The van der Waals surface area contributed by atoms with Crippen molar-refractivity contribution in [3.8, 4) is 12.1 Å². The van der Waals surface area contributed by atoms with Crippen LogP contribution in [-0.4, -0.2) is 36.3 Å². The predicted octanol–water partition coefficient (Wildman–Crippen LogP) is 2.94. The Morgan fingerprint density at radius 1 is 1.12 bits per heavy atom. The molecule has 0 N–H and O–H groups in total. The number of nitriles is 2. The van der Waals surface area contributed by atoms with Gasteiger partial charge in [0.2, 0.25) is 10.0 Å². The molecule has 0 aliphatic carbocycles. The van der Waals surface area contributed by atoms with Crippen LogP contribution in [0.25, 0.3) is 10.2 Å². The minimum Gasteiger partial charge on any atom is -0.317 e. The monoisotopic (exact) mass is 471 g/mol. The Morgan fingerprint density at radius 3 is 2.31 bits per heavy atom. The van der Waals surface area contributed by atoms with Crippen molar-refractivity contribution < 1.29 is 17.6 Å². The first kappa shape index (κ1) is 23.3. The SMILES string of the molecule is Cn1c(=NC(=O)c2ccc(S(=O)(=O)N(CCC#N)CCC#N)cc2)sc2cccc(F)c21. The lowest BCUT2D eigenvalue weighted by molar-refractivity contribution is 0.0998. The van der Waals surface area contributed by atoms with E-state index < -0.39 is 21.7 Å². The number of para-hydroxylation sites is 1. The molecule has 0 fully saturated rings. The molecule has 0 saturated heterocycles. The molecule has 3 aromatic rings. The minimum atomic E-state index is -3.93. The summed E-state index contributed by atoms with van der Waals surface area (Å²) >= 11 is 1.17. The molecular weight excluding hydrogens is 453 g/mol. The van der Waals surface area contributed by atoms with E-state index in [1.165, 1.54) is 46.2 Å². The molecule has 3 rings (SSSR count). The zero-order chi connectivity index (χ0) is 23.3. The maximum absolute atomic E-state index is 14.1. The van der Waals surface area contributed by atoms with Crippen LogP contribution in [0, 0.1) is 28.5 Å². The van der Waals surface area contributed by atoms with Gasteiger partial charge in [-0.2, -0.15) is 19.8 Å². The van der Waals surface area contributed by atoms with Gasteiger partial charge in [-0.15, -0.1) is 0 Å². The molecule has 0 aliphatic rings. The number of sulfonamides is 1. The maximum Gasteiger partial charge on any atom is 0.279 e. The lowest BCUT2D eigenvalue weighted by Crippen LogP contribution is -2.32. The molecular formula is C21H18FN5O3S2. The van der Waals surface area contributed by atoms with Gasteiger partial charge in [-0.25, -0.2) is 12.8 Å². The predicted molar refractivity (Wildman–Crippen MR) is 116 cm³/mol. The van der Waals surface area contributed by atoms with Crippen LogP contribution in [0.2, 0.25) is 0 Å². The van der Waals surface area contributed by atoms with E-state index >= 15 is 0 Å². The van der Waals surface area contributed by atoms with Gasteiger partial charge in [-0.05, 0) is 36.4 Å². The smallest absolute Gasteiger partial charge is 0.279 e. The Hall–Kier alpha value is -3.38. The molecule has 0 spiro atoms. The number of benzene rings is 2. The lowest BCUT2D eigenvalue weighted by atomic mass is 10.2. The molecule has 1 aromatic heterocycles. The summed E-state index contributed by atoms with van der Waals surface area (Å²) < 4.78 is 43.0. The summed E-state index contributed by atoms with van der Waals surface area (Å²) in [5.74, 6) is -1.01. The highest BCUT2D eigenvalue weighted by atomic mass is 32.2. The number of amides is 1. The fourth-order valence-corrected chi connectivity index (χ4v) is 5.51. The third-order valence-electron chi connectivity index (χ3n) is 4.66. The van der Waals surface area contributed by atoms with Crippen LogP contribution in [0.4, 0.5) is 4.39 Å². The number of rotatable bonds is 7. The number of carbonyl (C=O) groups is 1. The van der Waals surface area contributed by atoms with Crippen molar-refractivity contribution >= 4 is 37.5 Å². The number of aryl methyl sites for hydroxylation is 1. The zero-order valence-electron chi connectivity index (χ0n) is 17.0. The van der Waals surface area contributed by atoms with E-state index in [-0.39, 0.29) is 36.4 Å². The summed E-state index contributed by atoms with van der Waals surface area (Å²) in [5.41, 5.74) is 0.516.